The lowest BCUT2D eigenvalue weighted by atomic mass is 10.2. The largest absolute Gasteiger partial charge is 0.352 e. The first-order valence-electron chi connectivity index (χ1n) is 7.19. The Kier molecular flexibility index (Phi) is 5.99. The topological polar surface area (TPSA) is 83.5 Å². The molecule has 0 bridgehead atoms. The molecule has 0 radical (unpaired) electrons. The number of aromatic nitrogens is 1. The van der Waals surface area contributed by atoms with Crippen molar-refractivity contribution in [3.63, 3.8) is 0 Å². The van der Waals surface area contributed by atoms with Crippen molar-refractivity contribution in [3.8, 4) is 0 Å². The molecule has 0 aliphatic rings. The number of carbonyl (C=O) groups excluding carboxylic acids is 2. The van der Waals surface area contributed by atoms with E-state index in [0.29, 0.717) is 17.8 Å². The van der Waals surface area contributed by atoms with Crippen molar-refractivity contribution >= 4 is 17.5 Å². The summed E-state index contributed by atoms with van der Waals surface area (Å²) in [6.45, 7) is 2.15. The van der Waals surface area contributed by atoms with Crippen LogP contribution in [-0.4, -0.2) is 22.5 Å². The SMILES string of the molecule is CC(CC(=O)NCc1ccccc1)=NNC(=O)c1cccnc1. The highest BCUT2D eigenvalue weighted by Gasteiger charge is 2.06. The highest BCUT2D eigenvalue weighted by molar-refractivity contribution is 6.01. The minimum Gasteiger partial charge on any atom is -0.352 e. The van der Waals surface area contributed by atoms with Gasteiger partial charge in [0.05, 0.1) is 12.0 Å². The molecule has 0 spiro atoms. The van der Waals surface area contributed by atoms with Gasteiger partial charge in [0.25, 0.3) is 5.91 Å². The van der Waals surface area contributed by atoms with Crippen LogP contribution in [0.15, 0.2) is 60.0 Å². The van der Waals surface area contributed by atoms with Crippen molar-refractivity contribution < 1.29 is 9.59 Å². The fourth-order valence-electron chi connectivity index (χ4n) is 1.84. The molecule has 23 heavy (non-hydrogen) atoms. The Morgan fingerprint density at radius 1 is 1.13 bits per heavy atom. The number of hydrogen-bond acceptors (Lipinski definition) is 4. The molecule has 0 saturated heterocycles. The molecule has 0 saturated carbocycles. The first-order valence-corrected chi connectivity index (χ1v) is 7.19. The Balaban J connectivity index is 1.78. The van der Waals surface area contributed by atoms with Gasteiger partial charge in [-0.2, -0.15) is 5.10 Å². The van der Waals surface area contributed by atoms with Crippen LogP contribution >= 0.6 is 0 Å². The maximum Gasteiger partial charge on any atom is 0.272 e. The third kappa shape index (κ3) is 5.70. The van der Waals surface area contributed by atoms with Crippen LogP contribution in [0.3, 0.4) is 0 Å². The molecule has 6 nitrogen and oxygen atoms in total. The second kappa shape index (κ2) is 8.43. The number of benzene rings is 1. The molecule has 0 unspecified atom stereocenters. The molecule has 0 fully saturated rings. The molecule has 2 N–H and O–H groups in total. The molecule has 1 heterocycles. The standard InChI is InChI=1S/C17H18N4O2/c1-13(20-21-17(23)15-8-5-9-18-12-15)10-16(22)19-11-14-6-3-2-4-7-14/h2-9,12H,10-11H2,1H3,(H,19,22)(H,21,23). The van der Waals surface area contributed by atoms with Crippen LogP contribution < -0.4 is 10.7 Å². The Labute approximate surface area is 134 Å². The van der Waals surface area contributed by atoms with Crippen LogP contribution in [0.4, 0.5) is 0 Å². The third-order valence-corrected chi connectivity index (χ3v) is 3.02. The monoisotopic (exact) mass is 310 g/mol. The van der Waals surface area contributed by atoms with Crippen molar-refractivity contribution in [1.29, 1.82) is 0 Å². The maximum atomic E-state index is 11.8. The van der Waals surface area contributed by atoms with Gasteiger partial charge in [-0.25, -0.2) is 5.43 Å². The van der Waals surface area contributed by atoms with E-state index in [1.165, 1.54) is 6.20 Å². The minimum absolute atomic E-state index is 0.125. The lowest BCUT2D eigenvalue weighted by Gasteiger charge is -2.05. The van der Waals surface area contributed by atoms with E-state index in [9.17, 15) is 9.59 Å². The summed E-state index contributed by atoms with van der Waals surface area (Å²) in [5.41, 5.74) is 4.37. The number of hydrazone groups is 1. The van der Waals surface area contributed by atoms with Gasteiger partial charge >= 0.3 is 0 Å². The first-order chi connectivity index (χ1) is 11.1. The summed E-state index contributed by atoms with van der Waals surface area (Å²) in [4.78, 5) is 27.5. The molecule has 6 heteroatoms. The van der Waals surface area contributed by atoms with Crippen LogP contribution in [0.1, 0.15) is 29.3 Å². The van der Waals surface area contributed by atoms with Crippen LogP contribution in [-0.2, 0) is 11.3 Å². The van der Waals surface area contributed by atoms with Gasteiger partial charge in [0.15, 0.2) is 0 Å². The van der Waals surface area contributed by atoms with E-state index in [1.807, 2.05) is 30.3 Å². The molecule has 1 aromatic heterocycles. The summed E-state index contributed by atoms with van der Waals surface area (Å²) >= 11 is 0. The first kappa shape index (κ1) is 16.4. The maximum absolute atomic E-state index is 11.8. The lowest BCUT2D eigenvalue weighted by molar-refractivity contribution is -0.120. The van der Waals surface area contributed by atoms with Crippen LogP contribution in [0.25, 0.3) is 0 Å². The molecular weight excluding hydrogens is 292 g/mol. The van der Waals surface area contributed by atoms with Crippen molar-refractivity contribution in [3.05, 3.63) is 66.0 Å². The number of nitrogens with one attached hydrogen (secondary N) is 2. The summed E-state index contributed by atoms with van der Waals surface area (Å²) in [5.74, 6) is -0.507. The number of amides is 2. The molecule has 118 valence electrons. The van der Waals surface area contributed by atoms with Crippen LogP contribution in [0.2, 0.25) is 0 Å². The zero-order chi connectivity index (χ0) is 16.5. The molecule has 1 aromatic carbocycles. The second-order valence-corrected chi connectivity index (χ2v) is 4.97. The number of hydrogen-bond donors (Lipinski definition) is 2. The highest BCUT2D eigenvalue weighted by atomic mass is 16.2. The van der Waals surface area contributed by atoms with Gasteiger partial charge in [0.1, 0.15) is 0 Å². The lowest BCUT2D eigenvalue weighted by Crippen LogP contribution is -2.26. The summed E-state index contributed by atoms with van der Waals surface area (Å²) in [7, 11) is 0. The molecule has 0 atom stereocenters. The molecule has 0 aliphatic carbocycles. The van der Waals surface area contributed by atoms with Crippen molar-refractivity contribution in [2.45, 2.75) is 19.9 Å². The summed E-state index contributed by atoms with van der Waals surface area (Å²) in [6, 6.07) is 12.9. The molecule has 0 aliphatic heterocycles. The number of carbonyl (C=O) groups is 2. The predicted molar refractivity (Wildman–Crippen MR) is 87.7 cm³/mol. The van der Waals surface area contributed by atoms with Crippen molar-refractivity contribution in [2.24, 2.45) is 5.10 Å². The zero-order valence-corrected chi connectivity index (χ0v) is 12.8. The zero-order valence-electron chi connectivity index (χ0n) is 12.8. The van der Waals surface area contributed by atoms with Gasteiger partial charge < -0.3 is 5.32 Å². The Hall–Kier alpha value is -3.02. The van der Waals surface area contributed by atoms with Crippen LogP contribution in [0.5, 0.6) is 0 Å². The molecule has 2 amide bonds. The van der Waals surface area contributed by atoms with Gasteiger partial charge in [-0.15, -0.1) is 0 Å². The van der Waals surface area contributed by atoms with E-state index in [-0.39, 0.29) is 18.2 Å². The van der Waals surface area contributed by atoms with Gasteiger partial charge in [-0.3, -0.25) is 14.6 Å². The quantitative estimate of drug-likeness (QED) is 0.631. The van der Waals surface area contributed by atoms with Crippen LogP contribution in [0, 0.1) is 0 Å². The smallest absolute Gasteiger partial charge is 0.272 e. The Morgan fingerprint density at radius 2 is 1.91 bits per heavy atom. The molecular formula is C17H18N4O2. The number of rotatable bonds is 6. The highest BCUT2D eigenvalue weighted by Crippen LogP contribution is 1.98. The van der Waals surface area contributed by atoms with E-state index in [1.54, 1.807) is 25.3 Å². The minimum atomic E-state index is -0.359. The Morgan fingerprint density at radius 3 is 2.61 bits per heavy atom. The average molecular weight is 310 g/mol. The van der Waals surface area contributed by atoms with Gasteiger partial charge in [-0.05, 0) is 24.6 Å². The van der Waals surface area contributed by atoms with Gasteiger partial charge in [0.2, 0.25) is 5.91 Å². The molecule has 2 rings (SSSR count). The van der Waals surface area contributed by atoms with Gasteiger partial charge in [0, 0.05) is 24.7 Å². The van der Waals surface area contributed by atoms with Crippen molar-refractivity contribution in [1.82, 2.24) is 15.7 Å². The van der Waals surface area contributed by atoms with Gasteiger partial charge in [-0.1, -0.05) is 30.3 Å². The summed E-state index contributed by atoms with van der Waals surface area (Å²) in [5, 5.41) is 6.73. The van der Waals surface area contributed by atoms with E-state index in [0.717, 1.165) is 5.56 Å². The predicted octanol–water partition coefficient (Wildman–Crippen LogP) is 1.89. The number of nitrogens with zero attached hydrogens (tertiary/aromatic N) is 2. The normalized spacial score (nSPS) is 10.9. The van der Waals surface area contributed by atoms with Crippen molar-refractivity contribution in [2.75, 3.05) is 0 Å². The third-order valence-electron chi connectivity index (χ3n) is 3.02. The molecule has 2 aromatic rings. The fourth-order valence-corrected chi connectivity index (χ4v) is 1.84. The van der Waals surface area contributed by atoms with E-state index < -0.39 is 0 Å². The fraction of sp³-hybridized carbons (Fsp3) is 0.176. The second-order valence-electron chi connectivity index (χ2n) is 4.97. The van der Waals surface area contributed by atoms with E-state index in [4.69, 9.17) is 0 Å². The van der Waals surface area contributed by atoms with E-state index in [2.05, 4.69) is 20.8 Å². The summed E-state index contributed by atoms with van der Waals surface area (Å²) < 4.78 is 0. The number of pyridine rings is 1. The summed E-state index contributed by atoms with van der Waals surface area (Å²) in [6.07, 6.45) is 3.16. The average Bonchev–Trinajstić information content (AvgIpc) is 2.59. The Bertz CT molecular complexity index is 684. The van der Waals surface area contributed by atoms with E-state index >= 15 is 0 Å².